The molecule has 3 heteroatoms. The van der Waals surface area contributed by atoms with Gasteiger partial charge in [-0.05, 0) is 55.0 Å². The van der Waals surface area contributed by atoms with Crippen molar-refractivity contribution in [2.45, 2.75) is 6.92 Å². The van der Waals surface area contributed by atoms with Crippen LogP contribution in [0.25, 0.3) is 44.5 Å². The number of aryl methyl sites for hydroxylation is 1. The summed E-state index contributed by atoms with van der Waals surface area (Å²) in [7, 11) is 0. The number of fused-ring (bicyclic) bond motifs is 3. The fourth-order valence-electron chi connectivity index (χ4n) is 3.38. The summed E-state index contributed by atoms with van der Waals surface area (Å²) in [5.41, 5.74) is 6.82. The van der Waals surface area contributed by atoms with E-state index in [9.17, 15) is 0 Å². The lowest BCUT2D eigenvalue weighted by atomic mass is 10.00. The van der Waals surface area contributed by atoms with Crippen molar-refractivity contribution in [3.05, 3.63) is 84.7 Å². The van der Waals surface area contributed by atoms with Gasteiger partial charge in [-0.2, -0.15) is 0 Å². The molecule has 124 valence electrons. The lowest BCUT2D eigenvalue weighted by molar-refractivity contribution is 0.669. The van der Waals surface area contributed by atoms with Gasteiger partial charge >= 0.3 is 0 Å². The van der Waals surface area contributed by atoms with Gasteiger partial charge in [0.05, 0.1) is 11.4 Å². The van der Waals surface area contributed by atoms with Crippen molar-refractivity contribution in [2.75, 3.05) is 0 Å². The second-order valence-corrected chi connectivity index (χ2v) is 6.43. The van der Waals surface area contributed by atoms with E-state index in [0.29, 0.717) is 0 Å². The Balaban J connectivity index is 1.90. The zero-order valence-corrected chi connectivity index (χ0v) is 14.3. The van der Waals surface area contributed by atoms with Crippen LogP contribution in [-0.2, 0) is 0 Å². The van der Waals surface area contributed by atoms with Gasteiger partial charge in [-0.1, -0.05) is 24.3 Å². The zero-order chi connectivity index (χ0) is 17.5. The topological polar surface area (TPSA) is 38.9 Å². The van der Waals surface area contributed by atoms with E-state index in [-0.39, 0.29) is 0 Å². The van der Waals surface area contributed by atoms with Crippen LogP contribution in [0.5, 0.6) is 0 Å². The Hall–Kier alpha value is -3.46. The number of nitrogens with zero attached hydrogens (tertiary/aromatic N) is 2. The van der Waals surface area contributed by atoms with Gasteiger partial charge in [0.25, 0.3) is 0 Å². The third-order valence-electron chi connectivity index (χ3n) is 4.63. The lowest BCUT2D eigenvalue weighted by Crippen LogP contribution is -1.87. The average molecular weight is 336 g/mol. The fraction of sp³-hybridized carbons (Fsp3) is 0.0435. The Bertz CT molecular complexity index is 1230. The maximum absolute atomic E-state index is 6.25. The van der Waals surface area contributed by atoms with Gasteiger partial charge < -0.3 is 4.42 Å². The Morgan fingerprint density at radius 2 is 1.50 bits per heavy atom. The van der Waals surface area contributed by atoms with E-state index in [1.54, 1.807) is 6.20 Å². The summed E-state index contributed by atoms with van der Waals surface area (Å²) in [5.74, 6) is 0. The van der Waals surface area contributed by atoms with E-state index in [1.165, 1.54) is 5.56 Å². The van der Waals surface area contributed by atoms with Gasteiger partial charge in [-0.3, -0.25) is 9.97 Å². The highest BCUT2D eigenvalue weighted by Crippen LogP contribution is 2.38. The first-order chi connectivity index (χ1) is 12.8. The fourth-order valence-corrected chi connectivity index (χ4v) is 3.38. The molecular formula is C23H16N2O. The molecule has 5 aromatic rings. The second kappa shape index (κ2) is 5.81. The largest absolute Gasteiger partial charge is 0.455 e. The number of pyridine rings is 2. The predicted molar refractivity (Wildman–Crippen MR) is 105 cm³/mol. The number of aromatic nitrogens is 2. The lowest BCUT2D eigenvalue weighted by Gasteiger charge is -2.06. The first kappa shape index (κ1) is 14.8. The maximum Gasteiger partial charge on any atom is 0.144 e. The SMILES string of the molecule is Cc1ccc2c(c1)oc1c(-c3ccccn3)cc(-c3ccccn3)cc12. The van der Waals surface area contributed by atoms with Crippen LogP contribution in [0.3, 0.4) is 0 Å². The molecule has 0 aliphatic rings. The van der Waals surface area contributed by atoms with Crippen LogP contribution in [-0.4, -0.2) is 9.97 Å². The number of rotatable bonds is 2. The molecule has 0 N–H and O–H groups in total. The molecule has 3 nitrogen and oxygen atoms in total. The summed E-state index contributed by atoms with van der Waals surface area (Å²) in [6.45, 7) is 2.08. The van der Waals surface area contributed by atoms with Crippen molar-refractivity contribution in [3.8, 4) is 22.5 Å². The molecule has 26 heavy (non-hydrogen) atoms. The van der Waals surface area contributed by atoms with Gasteiger partial charge in [0, 0.05) is 34.3 Å². The van der Waals surface area contributed by atoms with Crippen molar-refractivity contribution in [2.24, 2.45) is 0 Å². The van der Waals surface area contributed by atoms with Crippen LogP contribution < -0.4 is 0 Å². The van der Waals surface area contributed by atoms with E-state index in [0.717, 1.165) is 44.5 Å². The van der Waals surface area contributed by atoms with Crippen molar-refractivity contribution < 1.29 is 4.42 Å². The molecule has 0 fully saturated rings. The van der Waals surface area contributed by atoms with Crippen LogP contribution in [0, 0.1) is 6.92 Å². The highest BCUT2D eigenvalue weighted by atomic mass is 16.3. The van der Waals surface area contributed by atoms with E-state index in [2.05, 4.69) is 47.2 Å². The quantitative estimate of drug-likeness (QED) is 0.396. The van der Waals surface area contributed by atoms with Crippen LogP contribution in [0.15, 0.2) is 83.5 Å². The molecule has 2 aromatic carbocycles. The highest BCUT2D eigenvalue weighted by Gasteiger charge is 2.16. The number of furan rings is 1. The molecule has 0 radical (unpaired) electrons. The Labute approximate surface area is 151 Å². The third-order valence-corrected chi connectivity index (χ3v) is 4.63. The minimum absolute atomic E-state index is 0.865. The standard InChI is InChI=1S/C23H16N2O/c1-15-8-9-17-18-13-16(20-6-2-4-10-24-20)14-19(21-7-3-5-11-25-21)23(18)26-22(17)12-15/h2-14H,1H3. The second-order valence-electron chi connectivity index (χ2n) is 6.43. The normalized spacial score (nSPS) is 11.3. The molecule has 0 unspecified atom stereocenters. The molecule has 3 heterocycles. The minimum Gasteiger partial charge on any atom is -0.455 e. The van der Waals surface area contributed by atoms with E-state index in [4.69, 9.17) is 4.42 Å². The summed E-state index contributed by atoms with van der Waals surface area (Å²) in [6.07, 6.45) is 3.62. The van der Waals surface area contributed by atoms with E-state index in [1.807, 2.05) is 42.6 Å². The van der Waals surface area contributed by atoms with Gasteiger partial charge in [0.2, 0.25) is 0 Å². The average Bonchev–Trinajstić information content (AvgIpc) is 3.06. The van der Waals surface area contributed by atoms with Crippen molar-refractivity contribution in [3.63, 3.8) is 0 Å². The Kier molecular flexibility index (Phi) is 3.32. The number of benzene rings is 2. The molecule has 0 aliphatic heterocycles. The summed E-state index contributed by atoms with van der Waals surface area (Å²) in [6, 6.07) is 22.5. The summed E-state index contributed by atoms with van der Waals surface area (Å²) in [5, 5.41) is 2.20. The first-order valence-corrected chi connectivity index (χ1v) is 8.59. The first-order valence-electron chi connectivity index (χ1n) is 8.59. The molecule has 0 saturated carbocycles. The predicted octanol–water partition coefficient (Wildman–Crippen LogP) is 6.02. The Morgan fingerprint density at radius 1 is 0.731 bits per heavy atom. The molecular weight excluding hydrogens is 320 g/mol. The highest BCUT2D eigenvalue weighted by molar-refractivity contribution is 6.11. The van der Waals surface area contributed by atoms with Crippen molar-refractivity contribution in [1.82, 2.24) is 9.97 Å². The monoisotopic (exact) mass is 336 g/mol. The minimum atomic E-state index is 0.865. The molecule has 0 atom stereocenters. The van der Waals surface area contributed by atoms with E-state index >= 15 is 0 Å². The van der Waals surface area contributed by atoms with Gasteiger partial charge in [-0.15, -0.1) is 0 Å². The van der Waals surface area contributed by atoms with Gasteiger partial charge in [0.1, 0.15) is 11.2 Å². The molecule has 3 aromatic heterocycles. The molecule has 0 saturated heterocycles. The van der Waals surface area contributed by atoms with Gasteiger partial charge in [0.15, 0.2) is 0 Å². The third kappa shape index (κ3) is 2.37. The van der Waals surface area contributed by atoms with E-state index < -0.39 is 0 Å². The number of hydrogen-bond donors (Lipinski definition) is 0. The Morgan fingerprint density at radius 3 is 2.23 bits per heavy atom. The van der Waals surface area contributed by atoms with Crippen LogP contribution in [0.2, 0.25) is 0 Å². The summed E-state index contributed by atoms with van der Waals surface area (Å²) >= 11 is 0. The number of hydrogen-bond acceptors (Lipinski definition) is 3. The molecule has 5 rings (SSSR count). The summed E-state index contributed by atoms with van der Waals surface area (Å²) < 4.78 is 6.25. The van der Waals surface area contributed by atoms with Crippen LogP contribution >= 0.6 is 0 Å². The zero-order valence-electron chi connectivity index (χ0n) is 14.3. The summed E-state index contributed by atoms with van der Waals surface area (Å²) in [4.78, 5) is 9.06. The van der Waals surface area contributed by atoms with Crippen molar-refractivity contribution >= 4 is 21.9 Å². The van der Waals surface area contributed by atoms with Crippen LogP contribution in [0.4, 0.5) is 0 Å². The van der Waals surface area contributed by atoms with Crippen molar-refractivity contribution in [1.29, 1.82) is 0 Å². The molecule has 0 bridgehead atoms. The molecule has 0 amide bonds. The van der Waals surface area contributed by atoms with Gasteiger partial charge in [-0.25, -0.2) is 0 Å². The molecule has 0 spiro atoms. The maximum atomic E-state index is 6.25. The smallest absolute Gasteiger partial charge is 0.144 e. The molecule has 0 aliphatic carbocycles. The van der Waals surface area contributed by atoms with Crippen LogP contribution in [0.1, 0.15) is 5.56 Å².